The van der Waals surface area contributed by atoms with Crippen LogP contribution in [-0.2, 0) is 38.5 Å². The van der Waals surface area contributed by atoms with Crippen LogP contribution in [-0.4, -0.2) is 92.3 Å². The summed E-state index contributed by atoms with van der Waals surface area (Å²) in [5.41, 5.74) is 0. The molecule has 2 aliphatic heterocycles. The van der Waals surface area contributed by atoms with E-state index in [1.807, 2.05) is 0 Å². The number of carbonyl (C=O) groups is 5. The lowest BCUT2D eigenvalue weighted by atomic mass is 10.0. The largest absolute Gasteiger partial charge is 0.456 e. The summed E-state index contributed by atoms with van der Waals surface area (Å²) in [5, 5.41) is 9.96. The van der Waals surface area contributed by atoms with E-state index in [0.29, 0.717) is 12.2 Å². The third-order valence-electron chi connectivity index (χ3n) is 5.11. The molecular formula is C21H32N4O8S3. The molecule has 2 bridgehead atoms. The zero-order chi connectivity index (χ0) is 26.9. The molecule has 0 unspecified atom stereocenters. The number of carbonyl (C=O) groups excluding carboxylic acids is 5. The van der Waals surface area contributed by atoms with Crippen molar-refractivity contribution in [2.45, 2.75) is 50.9 Å². The van der Waals surface area contributed by atoms with Crippen molar-refractivity contribution in [2.75, 3.05) is 30.1 Å². The summed E-state index contributed by atoms with van der Waals surface area (Å²) in [6.07, 6.45) is 3.41. The molecule has 1 fully saturated rings. The Hall–Kier alpha value is -2.26. The molecule has 4 N–H and O–H groups in total. The molecule has 2 rings (SSSR count). The van der Waals surface area contributed by atoms with Crippen LogP contribution in [0.2, 0.25) is 0 Å². The number of allylic oxidation sites excluding steroid dienone is 1. The van der Waals surface area contributed by atoms with E-state index in [1.165, 1.54) is 21.6 Å². The molecule has 2 aliphatic rings. The van der Waals surface area contributed by atoms with Crippen LogP contribution >= 0.6 is 21.6 Å². The van der Waals surface area contributed by atoms with Crippen molar-refractivity contribution in [3.05, 3.63) is 12.2 Å². The monoisotopic (exact) mass is 564 g/mol. The van der Waals surface area contributed by atoms with Gasteiger partial charge in [-0.1, -0.05) is 41.5 Å². The fourth-order valence-corrected chi connectivity index (χ4v) is 6.33. The number of ether oxygens (including phenoxy) is 1. The van der Waals surface area contributed by atoms with E-state index < -0.39 is 76.0 Å². The zero-order valence-corrected chi connectivity index (χ0v) is 22.7. The van der Waals surface area contributed by atoms with Gasteiger partial charge in [-0.3, -0.25) is 24.0 Å². The van der Waals surface area contributed by atoms with Crippen molar-refractivity contribution in [2.24, 2.45) is 5.92 Å². The number of fused-ring (bicyclic) bond motifs is 7. The molecule has 0 radical (unpaired) electrons. The van der Waals surface area contributed by atoms with E-state index in [1.54, 1.807) is 26.0 Å². The van der Waals surface area contributed by atoms with E-state index in [2.05, 4.69) is 21.3 Å². The fraction of sp³-hybridized carbons (Fsp3) is 0.667. The minimum absolute atomic E-state index is 0.127. The van der Waals surface area contributed by atoms with Crippen LogP contribution in [0.15, 0.2) is 12.2 Å². The molecule has 0 saturated carbocycles. The molecule has 0 spiro atoms. The molecule has 12 nitrogen and oxygen atoms in total. The highest BCUT2D eigenvalue weighted by Gasteiger charge is 2.33. The summed E-state index contributed by atoms with van der Waals surface area (Å²) in [5.74, 6) is -3.94. The van der Waals surface area contributed by atoms with Crippen molar-refractivity contribution < 1.29 is 37.1 Å². The van der Waals surface area contributed by atoms with E-state index in [0.717, 1.165) is 6.26 Å². The van der Waals surface area contributed by atoms with Gasteiger partial charge < -0.3 is 26.0 Å². The second-order valence-electron chi connectivity index (χ2n) is 8.78. The topological polar surface area (TPSA) is 177 Å². The molecule has 4 amide bonds. The Labute approximate surface area is 218 Å². The van der Waals surface area contributed by atoms with Gasteiger partial charge in [0.1, 0.15) is 40.6 Å². The molecule has 36 heavy (non-hydrogen) atoms. The van der Waals surface area contributed by atoms with Crippen LogP contribution in [0, 0.1) is 5.92 Å². The SMILES string of the molecule is CC(C)[C@H]1NC(=O)[C@H]2CSSCC/C=C/[C@H](CC(=O)N[C@H](CS(C)(=O)=O)C(=O)N2)OC(=O)CNC1=O. The Morgan fingerprint density at radius 2 is 1.75 bits per heavy atom. The van der Waals surface area contributed by atoms with Gasteiger partial charge in [-0.2, -0.15) is 0 Å². The maximum Gasteiger partial charge on any atom is 0.326 e. The minimum Gasteiger partial charge on any atom is -0.456 e. The van der Waals surface area contributed by atoms with Crippen molar-refractivity contribution >= 4 is 61.0 Å². The van der Waals surface area contributed by atoms with Crippen molar-refractivity contribution in [1.29, 1.82) is 0 Å². The average molecular weight is 565 g/mol. The number of hydrogen-bond donors (Lipinski definition) is 4. The number of amides is 4. The molecule has 202 valence electrons. The van der Waals surface area contributed by atoms with Gasteiger partial charge in [0, 0.05) is 17.8 Å². The standard InChI is InChI=1S/C21H32N4O8S3/c1-12(2)18-21(30)22-9-17(27)33-13-6-4-5-7-34-35-10-14(19(28)25-18)24-20(29)15(11-36(3,31)32)23-16(26)8-13/h4,6,12-15,18H,5,7-11H2,1-3H3,(H,22,30)(H,23,26)(H,24,29)(H,25,28)/b6-4+/t13-,14-,15-,18-/m1/s1. The maximum atomic E-state index is 13.1. The number of hydrogen-bond acceptors (Lipinski definition) is 10. The molecular weight excluding hydrogens is 532 g/mol. The predicted octanol–water partition coefficient (Wildman–Crippen LogP) is -1.09. The Morgan fingerprint density at radius 1 is 1.03 bits per heavy atom. The molecule has 15 heteroatoms. The van der Waals surface area contributed by atoms with Gasteiger partial charge >= 0.3 is 5.97 Å². The summed E-state index contributed by atoms with van der Waals surface area (Å²) < 4.78 is 29.3. The zero-order valence-electron chi connectivity index (χ0n) is 20.3. The van der Waals surface area contributed by atoms with Gasteiger partial charge in [0.2, 0.25) is 23.6 Å². The van der Waals surface area contributed by atoms with E-state index in [4.69, 9.17) is 4.74 Å². The van der Waals surface area contributed by atoms with Gasteiger partial charge in [0.25, 0.3) is 0 Å². The molecule has 0 aromatic rings. The lowest BCUT2D eigenvalue weighted by Gasteiger charge is -2.27. The Bertz CT molecular complexity index is 986. The fourth-order valence-electron chi connectivity index (χ4n) is 3.33. The maximum absolute atomic E-state index is 13.1. The second-order valence-corrected chi connectivity index (χ2v) is 13.6. The van der Waals surface area contributed by atoms with Crippen LogP contribution in [0.5, 0.6) is 0 Å². The summed E-state index contributed by atoms with van der Waals surface area (Å²) in [6, 6.07) is -3.61. The molecule has 1 saturated heterocycles. The van der Waals surface area contributed by atoms with Crippen molar-refractivity contribution in [3.8, 4) is 0 Å². The third kappa shape index (κ3) is 10.4. The summed E-state index contributed by atoms with van der Waals surface area (Å²) in [7, 11) is -0.935. The van der Waals surface area contributed by atoms with Crippen LogP contribution < -0.4 is 21.3 Å². The highest BCUT2D eigenvalue weighted by Crippen LogP contribution is 2.23. The number of sulfone groups is 1. The van der Waals surface area contributed by atoms with Crippen molar-refractivity contribution in [3.63, 3.8) is 0 Å². The van der Waals surface area contributed by atoms with Crippen LogP contribution in [0.3, 0.4) is 0 Å². The van der Waals surface area contributed by atoms with Gasteiger partial charge in [-0.05, 0) is 18.4 Å². The quantitative estimate of drug-likeness (QED) is 0.187. The molecule has 2 heterocycles. The summed E-state index contributed by atoms with van der Waals surface area (Å²) in [6.45, 7) is 2.94. The Balaban J connectivity index is 2.50. The number of nitrogens with one attached hydrogen (secondary N) is 4. The molecule has 0 aliphatic carbocycles. The Morgan fingerprint density at radius 3 is 2.42 bits per heavy atom. The lowest BCUT2D eigenvalue weighted by Crippen LogP contribution is -2.59. The summed E-state index contributed by atoms with van der Waals surface area (Å²) in [4.78, 5) is 64.0. The lowest BCUT2D eigenvalue weighted by molar-refractivity contribution is -0.148. The Kier molecular flexibility index (Phi) is 11.6. The van der Waals surface area contributed by atoms with E-state index in [9.17, 15) is 32.4 Å². The van der Waals surface area contributed by atoms with Crippen LogP contribution in [0.4, 0.5) is 0 Å². The van der Waals surface area contributed by atoms with Gasteiger partial charge in [-0.15, -0.1) is 0 Å². The van der Waals surface area contributed by atoms with E-state index in [-0.39, 0.29) is 18.1 Å². The molecule has 4 atom stereocenters. The van der Waals surface area contributed by atoms with Crippen molar-refractivity contribution in [1.82, 2.24) is 21.3 Å². The molecule has 0 aromatic heterocycles. The van der Waals surface area contributed by atoms with Gasteiger partial charge in [-0.25, -0.2) is 8.42 Å². The highest BCUT2D eigenvalue weighted by molar-refractivity contribution is 8.76. The first-order valence-corrected chi connectivity index (χ1v) is 15.9. The normalized spacial score (nSPS) is 28.7. The first kappa shape index (κ1) is 30.0. The van der Waals surface area contributed by atoms with Crippen LogP contribution in [0.1, 0.15) is 26.7 Å². The van der Waals surface area contributed by atoms with E-state index >= 15 is 0 Å². The third-order valence-corrected chi connectivity index (χ3v) is 8.50. The van der Waals surface area contributed by atoms with Gasteiger partial charge in [0.05, 0.1) is 12.2 Å². The number of rotatable bonds is 3. The minimum atomic E-state index is -3.70. The second kappa shape index (κ2) is 13.9. The smallest absolute Gasteiger partial charge is 0.326 e. The predicted molar refractivity (Wildman–Crippen MR) is 137 cm³/mol. The van der Waals surface area contributed by atoms with Crippen LogP contribution in [0.25, 0.3) is 0 Å². The highest BCUT2D eigenvalue weighted by atomic mass is 33.1. The van der Waals surface area contributed by atoms with Gasteiger partial charge in [0.15, 0.2) is 0 Å². The first-order chi connectivity index (χ1) is 16.9. The first-order valence-electron chi connectivity index (χ1n) is 11.3. The molecule has 0 aromatic carbocycles. The average Bonchev–Trinajstić information content (AvgIpc) is 2.76. The summed E-state index contributed by atoms with van der Waals surface area (Å²) >= 11 is 0. The number of esters is 1.